The molecule has 2 aromatic rings. The second kappa shape index (κ2) is 3.83. The van der Waals surface area contributed by atoms with E-state index in [4.69, 9.17) is 0 Å². The third-order valence-electron chi connectivity index (χ3n) is 1.89. The maximum atomic E-state index is 4.14. The molecule has 2 rings (SSSR count). The fraction of sp³-hybridized carbons (Fsp3) is 0.100. The lowest BCUT2D eigenvalue weighted by atomic mass is 10.4. The van der Waals surface area contributed by atoms with Crippen LogP contribution in [0, 0.1) is 0 Å². The lowest BCUT2D eigenvalue weighted by molar-refractivity contribution is 1.04. The minimum absolute atomic E-state index is 0.667. The molecule has 0 aliphatic rings. The molecular weight excluding hydrogens is 176 g/mol. The van der Waals surface area contributed by atoms with Crippen LogP contribution in [0.3, 0.4) is 0 Å². The highest BCUT2D eigenvalue weighted by molar-refractivity contribution is 5.53. The zero-order valence-electron chi connectivity index (χ0n) is 7.83. The summed E-state index contributed by atoms with van der Waals surface area (Å²) in [7, 11) is 1.91. The molecule has 4 heteroatoms. The van der Waals surface area contributed by atoms with Gasteiger partial charge in [0.2, 0.25) is 5.95 Å². The van der Waals surface area contributed by atoms with E-state index in [0.717, 1.165) is 5.69 Å². The number of nitrogens with zero attached hydrogens (tertiary/aromatic N) is 4. The Kier molecular flexibility index (Phi) is 2.36. The van der Waals surface area contributed by atoms with E-state index in [0.29, 0.717) is 5.95 Å². The smallest absolute Gasteiger partial charge is 0.229 e. The fourth-order valence-corrected chi connectivity index (χ4v) is 1.13. The zero-order chi connectivity index (χ0) is 9.80. The topological polar surface area (TPSA) is 41.9 Å². The van der Waals surface area contributed by atoms with Crippen LogP contribution in [0.5, 0.6) is 0 Å². The third kappa shape index (κ3) is 1.69. The van der Waals surface area contributed by atoms with Gasteiger partial charge in [0.1, 0.15) is 0 Å². The Morgan fingerprint density at radius 1 is 1.07 bits per heavy atom. The summed E-state index contributed by atoms with van der Waals surface area (Å²) in [4.78, 5) is 14.2. The normalized spacial score (nSPS) is 9.79. The molecule has 0 aliphatic heterocycles. The van der Waals surface area contributed by atoms with E-state index in [1.807, 2.05) is 24.1 Å². The van der Waals surface area contributed by atoms with Crippen molar-refractivity contribution < 1.29 is 0 Å². The summed E-state index contributed by atoms with van der Waals surface area (Å²) in [6.07, 6.45) is 6.95. The van der Waals surface area contributed by atoms with Gasteiger partial charge in [-0.2, -0.15) is 0 Å². The summed E-state index contributed by atoms with van der Waals surface area (Å²) in [5.41, 5.74) is 0.971. The third-order valence-corrected chi connectivity index (χ3v) is 1.89. The molecule has 0 unspecified atom stereocenters. The molecule has 14 heavy (non-hydrogen) atoms. The monoisotopic (exact) mass is 186 g/mol. The van der Waals surface area contributed by atoms with Gasteiger partial charge < -0.3 is 4.90 Å². The van der Waals surface area contributed by atoms with E-state index in [9.17, 15) is 0 Å². The van der Waals surface area contributed by atoms with E-state index >= 15 is 0 Å². The molecule has 4 nitrogen and oxygen atoms in total. The van der Waals surface area contributed by atoms with E-state index in [1.54, 1.807) is 30.9 Å². The molecule has 0 radical (unpaired) electrons. The van der Waals surface area contributed by atoms with Crippen LogP contribution in [0.1, 0.15) is 0 Å². The molecule has 0 bridgehead atoms. The summed E-state index contributed by atoms with van der Waals surface area (Å²) >= 11 is 0. The molecule has 0 amide bonds. The predicted octanol–water partition coefficient (Wildman–Crippen LogP) is 1.64. The maximum Gasteiger partial charge on any atom is 0.229 e. The number of anilines is 2. The first-order valence-corrected chi connectivity index (χ1v) is 4.29. The van der Waals surface area contributed by atoms with Gasteiger partial charge >= 0.3 is 0 Å². The first kappa shape index (κ1) is 8.62. The maximum absolute atomic E-state index is 4.14. The number of pyridine rings is 1. The minimum Gasteiger partial charge on any atom is -0.312 e. The lowest BCUT2D eigenvalue weighted by Gasteiger charge is -2.15. The van der Waals surface area contributed by atoms with Gasteiger partial charge in [0, 0.05) is 25.6 Å². The highest BCUT2D eigenvalue weighted by atomic mass is 15.2. The van der Waals surface area contributed by atoms with Gasteiger partial charge in [0.15, 0.2) is 0 Å². The molecule has 0 fully saturated rings. The number of rotatable bonds is 2. The van der Waals surface area contributed by atoms with Crippen LogP contribution in [0.15, 0.2) is 43.0 Å². The van der Waals surface area contributed by atoms with Crippen molar-refractivity contribution in [2.24, 2.45) is 0 Å². The van der Waals surface area contributed by atoms with Crippen molar-refractivity contribution in [3.63, 3.8) is 0 Å². The molecular formula is C10H10N4. The molecule has 70 valence electrons. The number of hydrogen-bond donors (Lipinski definition) is 0. The average molecular weight is 186 g/mol. The molecule has 0 aromatic carbocycles. The summed E-state index contributed by atoms with van der Waals surface area (Å²) in [6.45, 7) is 0. The number of hydrogen-bond acceptors (Lipinski definition) is 4. The summed E-state index contributed by atoms with van der Waals surface area (Å²) in [5.74, 6) is 0.667. The Morgan fingerprint density at radius 2 is 1.86 bits per heavy atom. The standard InChI is InChI=1S/C10H10N4/c1-14(9-4-2-5-11-8-9)10-12-6-3-7-13-10/h2-8H,1H3. The molecule has 0 spiro atoms. The van der Waals surface area contributed by atoms with Crippen LogP contribution in [-0.2, 0) is 0 Å². The van der Waals surface area contributed by atoms with Crippen molar-refractivity contribution in [1.82, 2.24) is 15.0 Å². The largest absolute Gasteiger partial charge is 0.312 e. The van der Waals surface area contributed by atoms with E-state index in [2.05, 4.69) is 15.0 Å². The summed E-state index contributed by atoms with van der Waals surface area (Å²) in [5, 5.41) is 0. The van der Waals surface area contributed by atoms with Gasteiger partial charge in [-0.05, 0) is 18.2 Å². The molecule has 0 saturated carbocycles. The van der Waals surface area contributed by atoms with Crippen molar-refractivity contribution in [3.05, 3.63) is 43.0 Å². The molecule has 2 aromatic heterocycles. The molecule has 0 saturated heterocycles. The predicted molar refractivity (Wildman–Crippen MR) is 54.3 cm³/mol. The number of aromatic nitrogens is 3. The second-order valence-corrected chi connectivity index (χ2v) is 2.82. The van der Waals surface area contributed by atoms with E-state index in [-0.39, 0.29) is 0 Å². The molecule has 2 heterocycles. The van der Waals surface area contributed by atoms with Crippen LogP contribution in [0.4, 0.5) is 11.6 Å². The van der Waals surface area contributed by atoms with Crippen LogP contribution < -0.4 is 4.90 Å². The molecule has 0 atom stereocenters. The lowest BCUT2D eigenvalue weighted by Crippen LogP contribution is -2.12. The first-order chi connectivity index (χ1) is 6.88. The summed E-state index contributed by atoms with van der Waals surface area (Å²) in [6, 6.07) is 5.64. The Balaban J connectivity index is 2.30. The SMILES string of the molecule is CN(c1cccnc1)c1ncccn1. The second-order valence-electron chi connectivity index (χ2n) is 2.82. The van der Waals surface area contributed by atoms with Crippen molar-refractivity contribution in [2.75, 3.05) is 11.9 Å². The van der Waals surface area contributed by atoms with Crippen LogP contribution in [0.25, 0.3) is 0 Å². The molecule has 0 N–H and O–H groups in total. The Labute approximate surface area is 82.3 Å². The van der Waals surface area contributed by atoms with Crippen molar-refractivity contribution in [3.8, 4) is 0 Å². The quantitative estimate of drug-likeness (QED) is 0.715. The van der Waals surface area contributed by atoms with Gasteiger partial charge in [-0.1, -0.05) is 0 Å². The van der Waals surface area contributed by atoms with E-state index in [1.165, 1.54) is 0 Å². The zero-order valence-corrected chi connectivity index (χ0v) is 7.83. The fourth-order valence-electron chi connectivity index (χ4n) is 1.13. The highest BCUT2D eigenvalue weighted by Gasteiger charge is 2.04. The van der Waals surface area contributed by atoms with Gasteiger partial charge in [0.05, 0.1) is 11.9 Å². The van der Waals surface area contributed by atoms with Crippen LogP contribution in [-0.4, -0.2) is 22.0 Å². The van der Waals surface area contributed by atoms with Crippen molar-refractivity contribution in [2.45, 2.75) is 0 Å². The van der Waals surface area contributed by atoms with Crippen molar-refractivity contribution >= 4 is 11.6 Å². The van der Waals surface area contributed by atoms with Gasteiger partial charge in [-0.15, -0.1) is 0 Å². The molecule has 0 aliphatic carbocycles. The minimum atomic E-state index is 0.667. The van der Waals surface area contributed by atoms with Crippen LogP contribution in [0.2, 0.25) is 0 Å². The Hall–Kier alpha value is -1.97. The summed E-state index contributed by atoms with van der Waals surface area (Å²) < 4.78 is 0. The van der Waals surface area contributed by atoms with Gasteiger partial charge in [-0.25, -0.2) is 9.97 Å². The van der Waals surface area contributed by atoms with Crippen molar-refractivity contribution in [1.29, 1.82) is 0 Å². The Bertz CT molecular complexity index is 348. The van der Waals surface area contributed by atoms with Gasteiger partial charge in [0.25, 0.3) is 0 Å². The highest BCUT2D eigenvalue weighted by Crippen LogP contribution is 2.16. The van der Waals surface area contributed by atoms with E-state index < -0.39 is 0 Å². The average Bonchev–Trinajstić information content (AvgIpc) is 2.30. The first-order valence-electron chi connectivity index (χ1n) is 4.29. The Morgan fingerprint density at radius 3 is 2.50 bits per heavy atom. The van der Waals surface area contributed by atoms with Gasteiger partial charge in [-0.3, -0.25) is 4.98 Å². The van der Waals surface area contributed by atoms with Crippen LogP contribution >= 0.6 is 0 Å².